The van der Waals surface area contributed by atoms with Gasteiger partial charge in [-0.1, -0.05) is 26.7 Å². The van der Waals surface area contributed by atoms with Crippen LogP contribution < -0.4 is 5.19 Å². The Labute approximate surface area is 151 Å². The first kappa shape index (κ1) is 18.9. The van der Waals surface area contributed by atoms with E-state index < -0.39 is 8.56 Å². The Bertz CT molecular complexity index is 383. The van der Waals surface area contributed by atoms with Gasteiger partial charge in [0.25, 0.3) is 0 Å². The molecule has 0 aromatic heterocycles. The van der Waals surface area contributed by atoms with Crippen LogP contribution in [-0.4, -0.2) is 21.8 Å². The second kappa shape index (κ2) is 9.76. The van der Waals surface area contributed by atoms with Crippen LogP contribution in [0.3, 0.4) is 0 Å². The first-order valence-corrected chi connectivity index (χ1v) is 11.7. The molecule has 1 aromatic rings. The molecule has 0 aliphatic carbocycles. The highest BCUT2D eigenvalue weighted by Gasteiger charge is 2.34. The van der Waals surface area contributed by atoms with Gasteiger partial charge in [-0.15, -0.1) is 0 Å². The molecule has 2 nitrogen and oxygen atoms in total. The molecule has 0 spiro atoms. The summed E-state index contributed by atoms with van der Waals surface area (Å²) in [6.07, 6.45) is 4.51. The summed E-state index contributed by atoms with van der Waals surface area (Å²) < 4.78 is 14.9. The Morgan fingerprint density at radius 2 is 1.35 bits per heavy atom. The minimum absolute atomic E-state index is 0.799. The van der Waals surface area contributed by atoms with Gasteiger partial charge in [0.05, 0.1) is 0 Å². The zero-order valence-electron chi connectivity index (χ0n) is 12.5. The lowest BCUT2D eigenvalue weighted by Gasteiger charge is -2.28. The number of unbranched alkanes of at least 4 members (excludes halogenated alkanes) is 2. The molecule has 0 amide bonds. The average molecular weight is 518 g/mol. The fourth-order valence-electron chi connectivity index (χ4n) is 1.85. The lowest BCUT2D eigenvalue weighted by molar-refractivity contribution is 0.181. The van der Waals surface area contributed by atoms with Crippen LogP contribution in [0.5, 0.6) is 0 Å². The molecule has 5 heteroatoms. The van der Waals surface area contributed by atoms with Crippen molar-refractivity contribution in [1.82, 2.24) is 0 Å². The molecule has 1 aromatic carbocycles. The van der Waals surface area contributed by atoms with Crippen LogP contribution in [0, 0.1) is 7.14 Å². The summed E-state index contributed by atoms with van der Waals surface area (Å²) in [7, 11) is -2.27. The van der Waals surface area contributed by atoms with Gasteiger partial charge in [0.2, 0.25) is 0 Å². The molecule has 0 aliphatic rings. The van der Waals surface area contributed by atoms with Crippen LogP contribution in [0.4, 0.5) is 0 Å². The van der Waals surface area contributed by atoms with Gasteiger partial charge in [-0.2, -0.15) is 0 Å². The second-order valence-corrected chi connectivity index (χ2v) is 10.5. The molecule has 0 saturated heterocycles. The fraction of sp³-hybridized carbons (Fsp3) is 0.600. The molecule has 0 radical (unpaired) electrons. The predicted octanol–water partition coefficient (Wildman–Crippen LogP) is 4.81. The Balaban J connectivity index is 2.88. The van der Waals surface area contributed by atoms with Crippen molar-refractivity contribution in [3.63, 3.8) is 0 Å². The molecule has 0 aliphatic heterocycles. The maximum atomic E-state index is 6.22. The molecule has 20 heavy (non-hydrogen) atoms. The smallest absolute Gasteiger partial charge is 0.369 e. The Morgan fingerprint density at radius 1 is 0.900 bits per heavy atom. The van der Waals surface area contributed by atoms with E-state index in [4.69, 9.17) is 8.85 Å². The van der Waals surface area contributed by atoms with Gasteiger partial charge in [-0.25, -0.2) is 0 Å². The summed E-state index contributed by atoms with van der Waals surface area (Å²) in [5, 5.41) is 1.25. The van der Waals surface area contributed by atoms with Gasteiger partial charge < -0.3 is 8.85 Å². The maximum Gasteiger partial charge on any atom is 0.369 e. The van der Waals surface area contributed by atoms with E-state index >= 15 is 0 Å². The SMILES string of the molecule is CCCCO[Si](C)(OCCCC)c1cc(I)cc(I)c1. The van der Waals surface area contributed by atoms with Crippen molar-refractivity contribution >= 4 is 58.9 Å². The lowest BCUT2D eigenvalue weighted by atomic mass is 10.4. The summed E-state index contributed by atoms with van der Waals surface area (Å²) in [5.74, 6) is 0. The normalized spacial score (nSPS) is 11.8. The van der Waals surface area contributed by atoms with Crippen LogP contribution in [0.25, 0.3) is 0 Å². The predicted molar refractivity (Wildman–Crippen MR) is 105 cm³/mol. The Morgan fingerprint density at radius 3 is 1.75 bits per heavy atom. The van der Waals surface area contributed by atoms with Crippen molar-refractivity contribution in [2.75, 3.05) is 13.2 Å². The Kier molecular flexibility index (Phi) is 9.20. The molecule has 114 valence electrons. The van der Waals surface area contributed by atoms with Gasteiger partial charge in [-0.3, -0.25) is 0 Å². The minimum atomic E-state index is -2.27. The number of rotatable bonds is 9. The summed E-state index contributed by atoms with van der Waals surface area (Å²) in [6, 6.07) is 6.61. The van der Waals surface area contributed by atoms with Crippen LogP contribution >= 0.6 is 45.2 Å². The van der Waals surface area contributed by atoms with Gasteiger partial charge in [0.15, 0.2) is 0 Å². The lowest BCUT2D eigenvalue weighted by Crippen LogP contribution is -2.51. The van der Waals surface area contributed by atoms with Gasteiger partial charge in [0, 0.05) is 20.4 Å². The van der Waals surface area contributed by atoms with Crippen LogP contribution in [0.2, 0.25) is 6.55 Å². The van der Waals surface area contributed by atoms with Crippen molar-refractivity contribution in [3.05, 3.63) is 25.3 Å². The molecular formula is C15H24I2O2Si. The average Bonchev–Trinajstić information content (AvgIpc) is 2.38. The number of hydrogen-bond acceptors (Lipinski definition) is 2. The van der Waals surface area contributed by atoms with Gasteiger partial charge >= 0.3 is 8.56 Å². The first-order chi connectivity index (χ1) is 9.51. The fourth-order valence-corrected chi connectivity index (χ4v) is 6.69. The number of benzene rings is 1. The standard InChI is InChI=1S/C15H24I2O2Si/c1-4-6-8-18-20(3,19-9-7-5-2)15-11-13(16)10-14(17)12-15/h10-12H,4-9H2,1-3H3. The number of halogens is 2. The van der Waals surface area contributed by atoms with E-state index in [1.807, 2.05) is 0 Å². The van der Waals surface area contributed by atoms with Gasteiger partial charge in [-0.05, 0) is 88.0 Å². The van der Waals surface area contributed by atoms with Gasteiger partial charge in [0.1, 0.15) is 0 Å². The summed E-state index contributed by atoms with van der Waals surface area (Å²) in [6.45, 7) is 8.16. The first-order valence-electron chi connectivity index (χ1n) is 7.26. The van der Waals surface area contributed by atoms with E-state index in [-0.39, 0.29) is 0 Å². The third-order valence-electron chi connectivity index (χ3n) is 3.14. The van der Waals surface area contributed by atoms with Crippen LogP contribution in [0.15, 0.2) is 18.2 Å². The van der Waals surface area contributed by atoms with E-state index in [0.29, 0.717) is 0 Å². The van der Waals surface area contributed by atoms with Crippen molar-refractivity contribution in [2.45, 2.75) is 46.1 Å². The zero-order valence-corrected chi connectivity index (χ0v) is 17.9. The van der Waals surface area contributed by atoms with Crippen molar-refractivity contribution in [3.8, 4) is 0 Å². The molecule has 0 saturated carbocycles. The van der Waals surface area contributed by atoms with E-state index in [0.717, 1.165) is 38.9 Å². The van der Waals surface area contributed by atoms with Crippen LogP contribution in [-0.2, 0) is 8.85 Å². The molecular weight excluding hydrogens is 494 g/mol. The minimum Gasteiger partial charge on any atom is -0.391 e. The monoisotopic (exact) mass is 518 g/mol. The third-order valence-corrected chi connectivity index (χ3v) is 7.23. The molecule has 0 unspecified atom stereocenters. The molecule has 0 bridgehead atoms. The quantitative estimate of drug-likeness (QED) is 0.266. The molecule has 0 heterocycles. The van der Waals surface area contributed by atoms with Crippen molar-refractivity contribution in [2.24, 2.45) is 0 Å². The van der Waals surface area contributed by atoms with Crippen molar-refractivity contribution in [1.29, 1.82) is 0 Å². The number of hydrogen-bond donors (Lipinski definition) is 0. The highest BCUT2D eigenvalue weighted by atomic mass is 127. The third kappa shape index (κ3) is 6.29. The van der Waals surface area contributed by atoms with E-state index in [9.17, 15) is 0 Å². The summed E-state index contributed by atoms with van der Waals surface area (Å²) in [5.41, 5.74) is 0. The van der Waals surface area contributed by atoms with Crippen LogP contribution in [0.1, 0.15) is 39.5 Å². The molecule has 0 atom stereocenters. The largest absolute Gasteiger partial charge is 0.391 e. The summed E-state index contributed by atoms with van der Waals surface area (Å²) >= 11 is 4.74. The highest BCUT2D eigenvalue weighted by Crippen LogP contribution is 2.16. The molecule has 1 rings (SSSR count). The highest BCUT2D eigenvalue weighted by molar-refractivity contribution is 14.1. The maximum absolute atomic E-state index is 6.22. The molecule has 0 N–H and O–H groups in total. The molecule has 0 fully saturated rings. The second-order valence-electron chi connectivity index (χ2n) is 5.01. The summed E-state index contributed by atoms with van der Waals surface area (Å²) in [4.78, 5) is 0. The van der Waals surface area contributed by atoms with E-state index in [2.05, 4.69) is 83.8 Å². The van der Waals surface area contributed by atoms with E-state index in [1.165, 1.54) is 12.3 Å². The van der Waals surface area contributed by atoms with E-state index in [1.54, 1.807) is 0 Å². The zero-order chi connectivity index (χ0) is 15.0. The topological polar surface area (TPSA) is 18.5 Å². The Hall–Kier alpha value is 0.817. The van der Waals surface area contributed by atoms with Crippen molar-refractivity contribution < 1.29 is 8.85 Å².